The Morgan fingerprint density at radius 1 is 1.36 bits per heavy atom. The number of carbonyl (C=O) groups is 1. The highest BCUT2D eigenvalue weighted by Crippen LogP contribution is 2.38. The zero-order chi connectivity index (χ0) is 15.7. The van der Waals surface area contributed by atoms with Crippen LogP contribution in [0.4, 0.5) is 0 Å². The molecule has 0 amide bonds. The highest BCUT2D eigenvalue weighted by Gasteiger charge is 2.49. The first-order chi connectivity index (χ1) is 10.7. The molecule has 0 aliphatic carbocycles. The maximum Gasteiger partial charge on any atom is 0.187 e. The second-order valence-electron chi connectivity index (χ2n) is 5.57. The summed E-state index contributed by atoms with van der Waals surface area (Å²) in [5.74, 6) is 0.387. The zero-order valence-electron chi connectivity index (χ0n) is 12.5. The van der Waals surface area contributed by atoms with Gasteiger partial charge >= 0.3 is 0 Å². The van der Waals surface area contributed by atoms with Crippen LogP contribution in [-0.4, -0.2) is 36.2 Å². The van der Waals surface area contributed by atoms with E-state index in [0.717, 1.165) is 0 Å². The van der Waals surface area contributed by atoms with Gasteiger partial charge in [0, 0.05) is 17.7 Å². The van der Waals surface area contributed by atoms with Gasteiger partial charge < -0.3 is 4.74 Å². The molecule has 3 rings (SSSR count). The lowest BCUT2D eigenvalue weighted by Crippen LogP contribution is -2.39. The molecule has 2 heterocycles. The summed E-state index contributed by atoms with van der Waals surface area (Å²) in [6, 6.07) is 8.84. The molecule has 1 saturated heterocycles. The summed E-state index contributed by atoms with van der Waals surface area (Å²) in [7, 11) is 1.59. The van der Waals surface area contributed by atoms with E-state index in [1.807, 2.05) is 19.1 Å². The first-order valence-corrected chi connectivity index (χ1v) is 7.24. The van der Waals surface area contributed by atoms with Crippen LogP contribution in [0.25, 0.3) is 0 Å². The van der Waals surface area contributed by atoms with E-state index >= 15 is 0 Å². The summed E-state index contributed by atoms with van der Waals surface area (Å²) in [4.78, 5) is 12.9. The van der Waals surface area contributed by atoms with Crippen LogP contribution in [0.2, 0.25) is 0 Å². The minimum atomic E-state index is -0.413. The number of ether oxygens (including phenoxy) is 1. The predicted octanol–water partition coefficient (Wildman–Crippen LogP) is 2.26. The number of Topliss-reactive ketones (excluding diaryl/α,β-unsaturated/α-hetero) is 1. The molecule has 1 fully saturated rings. The van der Waals surface area contributed by atoms with E-state index in [1.54, 1.807) is 42.6 Å². The molecular weight excluding hydrogens is 278 g/mol. The van der Waals surface area contributed by atoms with Gasteiger partial charge in [0.25, 0.3) is 0 Å². The molecule has 2 aliphatic rings. The third kappa shape index (κ3) is 2.17. The first-order valence-electron chi connectivity index (χ1n) is 7.24. The van der Waals surface area contributed by atoms with Crippen LogP contribution in [0.1, 0.15) is 17.3 Å². The predicted molar refractivity (Wildman–Crippen MR) is 82.6 cm³/mol. The van der Waals surface area contributed by atoms with E-state index < -0.39 is 6.04 Å². The van der Waals surface area contributed by atoms with Crippen LogP contribution in [0.15, 0.2) is 41.5 Å². The lowest BCUT2D eigenvalue weighted by atomic mass is 9.86. The number of hydrazone groups is 1. The topological polar surface area (TPSA) is 65.7 Å². The number of fused-ring (bicyclic) bond motifs is 1. The maximum atomic E-state index is 12.9. The van der Waals surface area contributed by atoms with Gasteiger partial charge in [0.2, 0.25) is 0 Å². The van der Waals surface area contributed by atoms with Gasteiger partial charge in [0.1, 0.15) is 11.8 Å². The lowest BCUT2D eigenvalue weighted by Gasteiger charge is -2.27. The fraction of sp³-hybridized carbons (Fsp3) is 0.353. The molecule has 0 N–H and O–H groups in total. The number of nitrogens with zero attached hydrogens (tertiary/aromatic N) is 3. The quantitative estimate of drug-likeness (QED) is 0.802. The Balaban J connectivity index is 1.92. The lowest BCUT2D eigenvalue weighted by molar-refractivity contribution is 0.0824. The molecule has 1 aromatic rings. The van der Waals surface area contributed by atoms with Gasteiger partial charge in [-0.25, -0.2) is 0 Å². The number of benzene rings is 1. The van der Waals surface area contributed by atoms with Crippen molar-refractivity contribution in [2.75, 3.05) is 7.11 Å². The molecule has 4 atom stereocenters. The number of carbonyl (C=O) groups excluding carboxylic acids is 1. The van der Waals surface area contributed by atoms with Crippen molar-refractivity contribution in [1.82, 2.24) is 5.01 Å². The number of nitriles is 1. The van der Waals surface area contributed by atoms with Crippen LogP contribution in [0, 0.1) is 23.2 Å². The molecule has 0 saturated carbocycles. The second kappa shape index (κ2) is 5.64. The molecule has 0 bridgehead atoms. The largest absolute Gasteiger partial charge is 0.497 e. The van der Waals surface area contributed by atoms with Crippen molar-refractivity contribution >= 4 is 12.0 Å². The van der Waals surface area contributed by atoms with Crippen molar-refractivity contribution in [2.45, 2.75) is 19.0 Å². The van der Waals surface area contributed by atoms with Crippen molar-refractivity contribution in [3.05, 3.63) is 42.0 Å². The third-order valence-corrected chi connectivity index (χ3v) is 4.41. The smallest absolute Gasteiger partial charge is 0.187 e. The summed E-state index contributed by atoms with van der Waals surface area (Å²) in [6.45, 7) is 1.95. The van der Waals surface area contributed by atoms with E-state index in [2.05, 4.69) is 11.2 Å². The Morgan fingerprint density at radius 2 is 2.09 bits per heavy atom. The number of hydrogen-bond acceptors (Lipinski definition) is 5. The van der Waals surface area contributed by atoms with Gasteiger partial charge in [0.15, 0.2) is 5.78 Å². The summed E-state index contributed by atoms with van der Waals surface area (Å²) < 4.78 is 5.12. The van der Waals surface area contributed by atoms with Crippen LogP contribution in [-0.2, 0) is 0 Å². The average Bonchev–Trinajstić information content (AvgIpc) is 2.85. The molecule has 0 unspecified atom stereocenters. The van der Waals surface area contributed by atoms with Gasteiger partial charge in [-0.15, -0.1) is 0 Å². The van der Waals surface area contributed by atoms with Crippen molar-refractivity contribution in [1.29, 1.82) is 5.26 Å². The van der Waals surface area contributed by atoms with E-state index in [0.29, 0.717) is 11.3 Å². The van der Waals surface area contributed by atoms with Crippen molar-refractivity contribution in [3.8, 4) is 11.8 Å². The van der Waals surface area contributed by atoms with Crippen LogP contribution in [0.3, 0.4) is 0 Å². The SMILES string of the molecule is COc1ccc(C(=O)[C@@H]2[C@@H](C)[C@H](C#N)[C@H]3C=CC=NN32)cc1. The van der Waals surface area contributed by atoms with E-state index in [1.165, 1.54) is 0 Å². The Labute approximate surface area is 129 Å². The van der Waals surface area contributed by atoms with E-state index in [-0.39, 0.29) is 23.7 Å². The molecule has 0 aromatic heterocycles. The van der Waals surface area contributed by atoms with Gasteiger partial charge in [-0.3, -0.25) is 9.80 Å². The van der Waals surface area contributed by atoms with Crippen LogP contribution >= 0.6 is 0 Å². The maximum absolute atomic E-state index is 12.9. The highest BCUT2D eigenvalue weighted by atomic mass is 16.5. The van der Waals surface area contributed by atoms with Gasteiger partial charge in [-0.1, -0.05) is 13.0 Å². The van der Waals surface area contributed by atoms with Crippen LogP contribution in [0.5, 0.6) is 5.75 Å². The minimum absolute atomic E-state index is 0.00893. The van der Waals surface area contributed by atoms with Crippen molar-refractivity contribution in [3.63, 3.8) is 0 Å². The van der Waals surface area contributed by atoms with E-state index in [4.69, 9.17) is 4.74 Å². The summed E-state index contributed by atoms with van der Waals surface area (Å²) >= 11 is 0. The van der Waals surface area contributed by atoms with Crippen molar-refractivity contribution in [2.24, 2.45) is 16.9 Å². The number of allylic oxidation sites excluding steroid dienone is 1. The Kier molecular flexibility index (Phi) is 3.68. The fourth-order valence-electron chi connectivity index (χ4n) is 3.21. The molecule has 0 spiro atoms. The summed E-state index contributed by atoms with van der Waals surface area (Å²) in [5.41, 5.74) is 0.611. The molecule has 112 valence electrons. The number of hydrogen-bond donors (Lipinski definition) is 0. The average molecular weight is 295 g/mol. The molecule has 5 nitrogen and oxygen atoms in total. The summed E-state index contributed by atoms with van der Waals surface area (Å²) in [6.07, 6.45) is 5.44. The number of ketones is 1. The van der Waals surface area contributed by atoms with Gasteiger partial charge in [0.05, 0.1) is 25.1 Å². The van der Waals surface area contributed by atoms with Gasteiger partial charge in [-0.05, 0) is 30.3 Å². The minimum Gasteiger partial charge on any atom is -0.497 e. The highest BCUT2D eigenvalue weighted by molar-refractivity contribution is 6.01. The Hall–Kier alpha value is -2.61. The molecule has 0 radical (unpaired) electrons. The second-order valence-corrected chi connectivity index (χ2v) is 5.57. The molecule has 1 aromatic carbocycles. The molecule has 2 aliphatic heterocycles. The van der Waals surface area contributed by atoms with Gasteiger partial charge in [-0.2, -0.15) is 10.4 Å². The number of methoxy groups -OCH3 is 1. The van der Waals surface area contributed by atoms with Crippen LogP contribution < -0.4 is 4.74 Å². The fourth-order valence-corrected chi connectivity index (χ4v) is 3.21. The Morgan fingerprint density at radius 3 is 2.73 bits per heavy atom. The standard InChI is InChI=1S/C17H17N3O2/c1-11-14(10-18)15-4-3-9-19-20(15)16(11)17(21)12-5-7-13(22-2)8-6-12/h3-9,11,14-16H,1-2H3/t11-,14-,15+,16-/m0/s1. The Bertz CT molecular complexity index is 672. The zero-order valence-corrected chi connectivity index (χ0v) is 12.5. The van der Waals surface area contributed by atoms with E-state index in [9.17, 15) is 10.1 Å². The molecule has 22 heavy (non-hydrogen) atoms. The molecule has 5 heteroatoms. The summed E-state index contributed by atoms with van der Waals surface area (Å²) in [5, 5.41) is 15.5. The first kappa shape index (κ1) is 14.3. The monoisotopic (exact) mass is 295 g/mol. The van der Waals surface area contributed by atoms with Crippen molar-refractivity contribution < 1.29 is 9.53 Å². The molecular formula is C17H17N3O2. The normalized spacial score (nSPS) is 29.0. The number of rotatable bonds is 3. The third-order valence-electron chi connectivity index (χ3n) is 4.41.